The molecule has 1 N–H and O–H groups in total. The van der Waals surface area contributed by atoms with E-state index in [1.54, 1.807) is 7.11 Å². The molecule has 0 bridgehead atoms. The second-order valence-corrected chi connectivity index (χ2v) is 5.31. The lowest BCUT2D eigenvalue weighted by Gasteiger charge is -2.27. The van der Waals surface area contributed by atoms with Gasteiger partial charge in [0.1, 0.15) is 11.6 Å². The van der Waals surface area contributed by atoms with Gasteiger partial charge in [-0.15, -0.1) is 0 Å². The summed E-state index contributed by atoms with van der Waals surface area (Å²) in [5.41, 5.74) is 1.71. The first-order valence-corrected chi connectivity index (χ1v) is 6.67. The van der Waals surface area contributed by atoms with E-state index in [9.17, 15) is 4.39 Å². The molecule has 0 spiro atoms. The summed E-state index contributed by atoms with van der Waals surface area (Å²) >= 11 is 3.37. The Morgan fingerprint density at radius 2 is 2.29 bits per heavy atom. The first kappa shape index (κ1) is 12.8. The molecule has 17 heavy (non-hydrogen) atoms. The van der Waals surface area contributed by atoms with Gasteiger partial charge < -0.3 is 10.1 Å². The van der Waals surface area contributed by atoms with E-state index in [0.717, 1.165) is 37.2 Å². The maximum Gasteiger partial charge on any atom is 0.137 e. The van der Waals surface area contributed by atoms with Gasteiger partial charge in [-0.05, 0) is 53.9 Å². The minimum Gasteiger partial charge on any atom is -0.495 e. The highest BCUT2D eigenvalue weighted by Crippen LogP contribution is 2.39. The van der Waals surface area contributed by atoms with Crippen LogP contribution < -0.4 is 10.1 Å². The molecule has 1 unspecified atom stereocenters. The molecule has 1 fully saturated rings. The van der Waals surface area contributed by atoms with Gasteiger partial charge in [0.25, 0.3) is 0 Å². The largest absolute Gasteiger partial charge is 0.495 e. The highest BCUT2D eigenvalue weighted by Gasteiger charge is 2.24. The summed E-state index contributed by atoms with van der Waals surface area (Å²) in [7, 11) is 1.64. The standard InChI is InChI=1S/C13H17BrFNO/c1-8-11(15)6-10(14)13(17-2)12(8)9-4-3-5-16-7-9/h6,9,16H,3-5,7H2,1-2H3. The zero-order chi connectivity index (χ0) is 12.4. The fourth-order valence-electron chi connectivity index (χ4n) is 2.51. The summed E-state index contributed by atoms with van der Waals surface area (Å²) in [6.45, 7) is 3.77. The molecule has 0 aromatic heterocycles. The molecule has 1 atom stereocenters. The second-order valence-electron chi connectivity index (χ2n) is 4.46. The van der Waals surface area contributed by atoms with E-state index in [1.165, 1.54) is 6.07 Å². The number of piperidine rings is 1. The van der Waals surface area contributed by atoms with Crippen molar-refractivity contribution in [1.82, 2.24) is 5.32 Å². The van der Waals surface area contributed by atoms with Crippen LogP contribution in [-0.4, -0.2) is 20.2 Å². The summed E-state index contributed by atoms with van der Waals surface area (Å²) in [5, 5.41) is 3.36. The van der Waals surface area contributed by atoms with Gasteiger partial charge in [-0.25, -0.2) is 4.39 Å². The number of halogens is 2. The van der Waals surface area contributed by atoms with E-state index in [1.807, 2.05) is 6.92 Å². The molecule has 0 amide bonds. The summed E-state index contributed by atoms with van der Waals surface area (Å²) in [6.07, 6.45) is 2.21. The van der Waals surface area contributed by atoms with Crippen LogP contribution in [0, 0.1) is 12.7 Å². The molecule has 1 aliphatic rings. The smallest absolute Gasteiger partial charge is 0.137 e. The third-order valence-electron chi connectivity index (χ3n) is 3.39. The Bertz CT molecular complexity index is 416. The van der Waals surface area contributed by atoms with Crippen molar-refractivity contribution in [2.24, 2.45) is 0 Å². The fraction of sp³-hybridized carbons (Fsp3) is 0.538. The quantitative estimate of drug-likeness (QED) is 0.904. The molecule has 1 aliphatic heterocycles. The Morgan fingerprint density at radius 3 is 2.88 bits per heavy atom. The molecule has 94 valence electrons. The van der Waals surface area contributed by atoms with Gasteiger partial charge >= 0.3 is 0 Å². The minimum atomic E-state index is -0.168. The number of hydrogen-bond acceptors (Lipinski definition) is 2. The fourth-order valence-corrected chi connectivity index (χ4v) is 3.09. The predicted molar refractivity (Wildman–Crippen MR) is 70.2 cm³/mol. The average Bonchev–Trinajstić information content (AvgIpc) is 2.34. The normalized spacial score (nSPS) is 20.4. The molecular weight excluding hydrogens is 285 g/mol. The van der Waals surface area contributed by atoms with Crippen molar-refractivity contribution in [1.29, 1.82) is 0 Å². The third-order valence-corrected chi connectivity index (χ3v) is 3.98. The summed E-state index contributed by atoms with van der Waals surface area (Å²) in [4.78, 5) is 0. The topological polar surface area (TPSA) is 21.3 Å². The molecule has 1 aromatic carbocycles. The van der Waals surface area contributed by atoms with Crippen LogP contribution in [0.2, 0.25) is 0 Å². The van der Waals surface area contributed by atoms with E-state index < -0.39 is 0 Å². The van der Waals surface area contributed by atoms with Crippen molar-refractivity contribution >= 4 is 15.9 Å². The first-order valence-electron chi connectivity index (χ1n) is 5.88. The van der Waals surface area contributed by atoms with E-state index in [-0.39, 0.29) is 5.82 Å². The maximum atomic E-state index is 13.8. The van der Waals surface area contributed by atoms with Gasteiger partial charge in [0.2, 0.25) is 0 Å². The van der Waals surface area contributed by atoms with Gasteiger partial charge in [-0.1, -0.05) is 0 Å². The van der Waals surface area contributed by atoms with Crippen LogP contribution in [-0.2, 0) is 0 Å². The lowest BCUT2D eigenvalue weighted by Crippen LogP contribution is -2.29. The van der Waals surface area contributed by atoms with Crippen LogP contribution >= 0.6 is 15.9 Å². The van der Waals surface area contributed by atoms with Crippen LogP contribution in [0.25, 0.3) is 0 Å². The van der Waals surface area contributed by atoms with Crippen LogP contribution in [0.4, 0.5) is 4.39 Å². The molecule has 0 aliphatic carbocycles. The minimum absolute atomic E-state index is 0.168. The number of ether oxygens (including phenoxy) is 1. The lowest BCUT2D eigenvalue weighted by molar-refractivity contribution is 0.386. The summed E-state index contributed by atoms with van der Waals surface area (Å²) in [5.74, 6) is 0.946. The van der Waals surface area contributed by atoms with Gasteiger partial charge in [0.15, 0.2) is 0 Å². The maximum absolute atomic E-state index is 13.8. The number of methoxy groups -OCH3 is 1. The van der Waals surface area contributed by atoms with Gasteiger partial charge in [0.05, 0.1) is 11.6 Å². The number of benzene rings is 1. The Morgan fingerprint density at radius 1 is 1.53 bits per heavy atom. The van der Waals surface area contributed by atoms with Crippen molar-refractivity contribution in [3.05, 3.63) is 27.5 Å². The molecular formula is C13H17BrFNO. The number of hydrogen-bond donors (Lipinski definition) is 1. The molecule has 1 aromatic rings. The van der Waals surface area contributed by atoms with Crippen molar-refractivity contribution in [2.45, 2.75) is 25.7 Å². The molecule has 0 radical (unpaired) electrons. The van der Waals surface area contributed by atoms with Crippen LogP contribution in [0.1, 0.15) is 29.9 Å². The van der Waals surface area contributed by atoms with Crippen molar-refractivity contribution in [3.63, 3.8) is 0 Å². The van der Waals surface area contributed by atoms with Crippen LogP contribution in [0.15, 0.2) is 10.5 Å². The van der Waals surface area contributed by atoms with E-state index in [2.05, 4.69) is 21.2 Å². The SMILES string of the molecule is COc1c(Br)cc(F)c(C)c1C1CCCNC1. The van der Waals surface area contributed by atoms with Crippen LogP contribution in [0.5, 0.6) is 5.75 Å². The Kier molecular flexibility index (Phi) is 4.05. The molecule has 2 rings (SSSR count). The molecule has 0 saturated carbocycles. The Balaban J connectivity index is 2.48. The number of nitrogens with one attached hydrogen (secondary N) is 1. The molecule has 4 heteroatoms. The van der Waals surface area contributed by atoms with Crippen molar-refractivity contribution in [3.8, 4) is 5.75 Å². The van der Waals surface area contributed by atoms with E-state index in [0.29, 0.717) is 16.0 Å². The Labute approximate surface area is 110 Å². The Hall–Kier alpha value is -0.610. The second kappa shape index (κ2) is 5.36. The van der Waals surface area contributed by atoms with Gasteiger partial charge in [0, 0.05) is 18.0 Å². The van der Waals surface area contributed by atoms with E-state index >= 15 is 0 Å². The van der Waals surface area contributed by atoms with E-state index in [4.69, 9.17) is 4.74 Å². The average molecular weight is 302 g/mol. The first-order chi connectivity index (χ1) is 8.15. The molecule has 2 nitrogen and oxygen atoms in total. The highest BCUT2D eigenvalue weighted by molar-refractivity contribution is 9.10. The molecule has 1 heterocycles. The lowest BCUT2D eigenvalue weighted by atomic mass is 9.88. The molecule has 1 saturated heterocycles. The zero-order valence-corrected chi connectivity index (χ0v) is 11.7. The van der Waals surface area contributed by atoms with Crippen LogP contribution in [0.3, 0.4) is 0 Å². The van der Waals surface area contributed by atoms with Gasteiger partial charge in [-0.3, -0.25) is 0 Å². The summed E-state index contributed by atoms with van der Waals surface area (Å²) in [6, 6.07) is 1.48. The third kappa shape index (κ3) is 2.47. The predicted octanol–water partition coefficient (Wildman–Crippen LogP) is 3.37. The zero-order valence-electron chi connectivity index (χ0n) is 10.1. The van der Waals surface area contributed by atoms with Crippen molar-refractivity contribution in [2.75, 3.05) is 20.2 Å². The highest BCUT2D eigenvalue weighted by atomic mass is 79.9. The van der Waals surface area contributed by atoms with Gasteiger partial charge in [-0.2, -0.15) is 0 Å². The monoisotopic (exact) mass is 301 g/mol. The van der Waals surface area contributed by atoms with Crippen molar-refractivity contribution < 1.29 is 9.13 Å². The number of rotatable bonds is 2. The summed E-state index contributed by atoms with van der Waals surface area (Å²) < 4.78 is 19.9.